The first kappa shape index (κ1) is 21.8. The summed E-state index contributed by atoms with van der Waals surface area (Å²) in [5.74, 6) is -0.247. The van der Waals surface area contributed by atoms with E-state index in [1.165, 1.54) is 0 Å². The van der Waals surface area contributed by atoms with Gasteiger partial charge in [0, 0.05) is 0 Å². The van der Waals surface area contributed by atoms with Crippen LogP contribution in [-0.4, -0.2) is 25.2 Å². The maximum absolute atomic E-state index is 13.1. The Hall–Kier alpha value is -2.88. The Labute approximate surface area is 178 Å². The predicted molar refractivity (Wildman–Crippen MR) is 121 cm³/mol. The molecule has 0 aromatic heterocycles. The Bertz CT molecular complexity index is 1080. The summed E-state index contributed by atoms with van der Waals surface area (Å²) in [6.45, 7) is 10.8. The summed E-state index contributed by atoms with van der Waals surface area (Å²) in [7, 11) is 0. The largest absolute Gasteiger partial charge is 0.462 e. The second kappa shape index (κ2) is 9.29. The molecule has 0 bridgehead atoms. The molecule has 0 aliphatic carbocycles. The lowest BCUT2D eigenvalue weighted by atomic mass is 9.90. The molecular weight excluding hydrogens is 376 g/mol. The van der Waals surface area contributed by atoms with Gasteiger partial charge in [-0.05, 0) is 45.4 Å². The number of fused-ring (bicyclic) bond motifs is 2. The molecule has 4 nitrogen and oxygen atoms in total. The van der Waals surface area contributed by atoms with Gasteiger partial charge in [-0.1, -0.05) is 77.1 Å². The second-order valence-corrected chi connectivity index (χ2v) is 8.51. The third kappa shape index (κ3) is 4.48. The van der Waals surface area contributed by atoms with E-state index in [4.69, 9.17) is 9.47 Å². The zero-order valence-corrected chi connectivity index (χ0v) is 18.5. The maximum atomic E-state index is 13.1. The summed E-state index contributed by atoms with van der Waals surface area (Å²) < 4.78 is 11.2. The fourth-order valence-electron chi connectivity index (χ4n) is 3.51. The highest BCUT2D eigenvalue weighted by Gasteiger charge is 2.24. The summed E-state index contributed by atoms with van der Waals surface area (Å²) in [6, 6.07) is 13.4. The first-order chi connectivity index (χ1) is 14.3. The molecule has 158 valence electrons. The third-order valence-corrected chi connectivity index (χ3v) is 5.00. The van der Waals surface area contributed by atoms with E-state index in [9.17, 15) is 9.59 Å². The molecule has 0 spiro atoms. The number of esters is 2. The Morgan fingerprint density at radius 2 is 1.20 bits per heavy atom. The first-order valence-electron chi connectivity index (χ1n) is 10.6. The van der Waals surface area contributed by atoms with Crippen molar-refractivity contribution in [2.75, 3.05) is 13.2 Å². The summed E-state index contributed by atoms with van der Waals surface area (Å²) >= 11 is 0. The predicted octanol–water partition coefficient (Wildman–Crippen LogP) is 6.18. The second-order valence-electron chi connectivity index (χ2n) is 8.51. The standard InChI is InChI=1S/C26H30O4/c1-6-18-11-12-21-22(13-18)24(26(28)30-15-17(4)5)20-10-8-7-9-19(20)23(21)25(27)29-14-16(2)3/h7-13,16-17H,6,14-15H2,1-5H3. The molecule has 0 unspecified atom stereocenters. The summed E-state index contributed by atoms with van der Waals surface area (Å²) in [4.78, 5) is 26.2. The molecule has 0 fully saturated rings. The van der Waals surface area contributed by atoms with Gasteiger partial charge >= 0.3 is 11.9 Å². The fraction of sp³-hybridized carbons (Fsp3) is 0.385. The van der Waals surface area contributed by atoms with Crippen LogP contribution < -0.4 is 0 Å². The molecule has 3 aromatic carbocycles. The van der Waals surface area contributed by atoms with Crippen LogP contribution in [0.3, 0.4) is 0 Å². The van der Waals surface area contributed by atoms with E-state index in [0.717, 1.165) is 22.8 Å². The molecule has 0 saturated heterocycles. The van der Waals surface area contributed by atoms with Gasteiger partial charge in [0.1, 0.15) is 0 Å². The third-order valence-electron chi connectivity index (χ3n) is 5.00. The molecule has 0 saturated carbocycles. The van der Waals surface area contributed by atoms with E-state index in [0.29, 0.717) is 35.1 Å². The number of aryl methyl sites for hydroxylation is 1. The van der Waals surface area contributed by atoms with E-state index < -0.39 is 0 Å². The summed E-state index contributed by atoms with van der Waals surface area (Å²) in [6.07, 6.45) is 0.830. The minimum absolute atomic E-state index is 0.239. The van der Waals surface area contributed by atoms with Gasteiger partial charge in [0.15, 0.2) is 0 Å². The van der Waals surface area contributed by atoms with Crippen LogP contribution in [0.4, 0.5) is 0 Å². The van der Waals surface area contributed by atoms with Crippen molar-refractivity contribution in [2.45, 2.75) is 41.0 Å². The summed E-state index contributed by atoms with van der Waals surface area (Å²) in [5.41, 5.74) is 2.11. The number of carbonyl (C=O) groups is 2. The minimum Gasteiger partial charge on any atom is -0.462 e. The van der Waals surface area contributed by atoms with E-state index in [-0.39, 0.29) is 23.8 Å². The lowest BCUT2D eigenvalue weighted by Crippen LogP contribution is -2.14. The molecule has 3 aromatic rings. The topological polar surface area (TPSA) is 52.6 Å². The van der Waals surface area contributed by atoms with Crippen LogP contribution >= 0.6 is 0 Å². The van der Waals surface area contributed by atoms with Gasteiger partial charge in [-0.25, -0.2) is 9.59 Å². The van der Waals surface area contributed by atoms with Crippen LogP contribution in [0.15, 0.2) is 42.5 Å². The Kier molecular flexibility index (Phi) is 6.76. The van der Waals surface area contributed by atoms with Crippen molar-refractivity contribution in [2.24, 2.45) is 11.8 Å². The van der Waals surface area contributed by atoms with E-state index in [1.54, 1.807) is 0 Å². The Morgan fingerprint density at radius 3 is 1.67 bits per heavy atom. The monoisotopic (exact) mass is 406 g/mol. The number of benzene rings is 3. The molecule has 0 N–H and O–H groups in total. The number of hydrogen-bond donors (Lipinski definition) is 0. The molecule has 30 heavy (non-hydrogen) atoms. The normalized spacial score (nSPS) is 11.4. The van der Waals surface area contributed by atoms with Crippen LogP contribution in [0.1, 0.15) is 60.9 Å². The van der Waals surface area contributed by atoms with Gasteiger partial charge in [0.05, 0.1) is 24.3 Å². The number of rotatable bonds is 7. The maximum Gasteiger partial charge on any atom is 0.339 e. The molecule has 3 rings (SSSR count). The van der Waals surface area contributed by atoms with Crippen molar-refractivity contribution in [1.82, 2.24) is 0 Å². The van der Waals surface area contributed by atoms with Crippen LogP contribution in [0, 0.1) is 11.8 Å². The highest BCUT2D eigenvalue weighted by Crippen LogP contribution is 2.35. The van der Waals surface area contributed by atoms with Gasteiger partial charge < -0.3 is 9.47 Å². The minimum atomic E-state index is -0.365. The molecule has 0 radical (unpaired) electrons. The van der Waals surface area contributed by atoms with Crippen molar-refractivity contribution >= 4 is 33.5 Å². The van der Waals surface area contributed by atoms with E-state index in [2.05, 4.69) is 6.92 Å². The van der Waals surface area contributed by atoms with E-state index in [1.807, 2.05) is 70.2 Å². The number of hydrogen-bond acceptors (Lipinski definition) is 4. The van der Waals surface area contributed by atoms with Crippen LogP contribution in [-0.2, 0) is 15.9 Å². The van der Waals surface area contributed by atoms with Gasteiger partial charge in [0.2, 0.25) is 0 Å². The first-order valence-corrected chi connectivity index (χ1v) is 10.6. The lowest BCUT2D eigenvalue weighted by Gasteiger charge is -2.17. The smallest absolute Gasteiger partial charge is 0.339 e. The quantitative estimate of drug-likeness (QED) is 0.347. The highest BCUT2D eigenvalue weighted by molar-refractivity contribution is 6.24. The van der Waals surface area contributed by atoms with Gasteiger partial charge in [-0.3, -0.25) is 0 Å². The number of ether oxygens (including phenoxy) is 2. The van der Waals surface area contributed by atoms with Crippen LogP contribution in [0.25, 0.3) is 21.5 Å². The van der Waals surface area contributed by atoms with Gasteiger partial charge in [0.25, 0.3) is 0 Å². The SMILES string of the molecule is CCc1ccc2c(C(=O)OCC(C)C)c3ccccc3c(C(=O)OCC(C)C)c2c1. The Morgan fingerprint density at radius 1 is 0.733 bits per heavy atom. The zero-order chi connectivity index (χ0) is 21.8. The van der Waals surface area contributed by atoms with Crippen molar-refractivity contribution < 1.29 is 19.1 Å². The molecule has 0 aliphatic rings. The molecule has 0 heterocycles. The Balaban J connectivity index is 2.30. The lowest BCUT2D eigenvalue weighted by molar-refractivity contribution is 0.0452. The molecular formula is C26H30O4. The fourth-order valence-corrected chi connectivity index (χ4v) is 3.51. The summed E-state index contributed by atoms with van der Waals surface area (Å²) in [5, 5.41) is 2.87. The van der Waals surface area contributed by atoms with Crippen molar-refractivity contribution in [1.29, 1.82) is 0 Å². The van der Waals surface area contributed by atoms with Crippen molar-refractivity contribution in [3.8, 4) is 0 Å². The average Bonchev–Trinajstić information content (AvgIpc) is 2.73. The molecule has 0 amide bonds. The highest BCUT2D eigenvalue weighted by atomic mass is 16.5. The zero-order valence-electron chi connectivity index (χ0n) is 18.5. The molecule has 0 aliphatic heterocycles. The van der Waals surface area contributed by atoms with Crippen molar-refractivity contribution in [3.63, 3.8) is 0 Å². The van der Waals surface area contributed by atoms with Crippen LogP contribution in [0.2, 0.25) is 0 Å². The van der Waals surface area contributed by atoms with Crippen molar-refractivity contribution in [3.05, 3.63) is 59.2 Å². The average molecular weight is 407 g/mol. The van der Waals surface area contributed by atoms with Gasteiger partial charge in [-0.2, -0.15) is 0 Å². The number of carbonyl (C=O) groups excluding carboxylic acids is 2. The molecule has 0 atom stereocenters. The van der Waals surface area contributed by atoms with Gasteiger partial charge in [-0.15, -0.1) is 0 Å². The molecule has 4 heteroatoms. The van der Waals surface area contributed by atoms with Crippen LogP contribution in [0.5, 0.6) is 0 Å². The van der Waals surface area contributed by atoms with E-state index >= 15 is 0 Å².